The normalized spacial score (nSPS) is 10.9. The summed E-state index contributed by atoms with van der Waals surface area (Å²) in [4.78, 5) is 11.9. The lowest BCUT2D eigenvalue weighted by molar-refractivity contribution is 0.0600. The molecule has 0 bridgehead atoms. The van der Waals surface area contributed by atoms with Gasteiger partial charge in [-0.25, -0.2) is 13.2 Å². The molecule has 0 amide bonds. The number of carbonyl (C=O) groups is 1. The Morgan fingerprint density at radius 3 is 2.46 bits per heavy atom. The van der Waals surface area contributed by atoms with E-state index in [0.29, 0.717) is 5.69 Å². The third kappa shape index (κ3) is 3.65. The zero-order chi connectivity index (χ0) is 17.7. The maximum Gasteiger partial charge on any atom is 0.337 e. The first-order chi connectivity index (χ1) is 11.4. The SMILES string of the molecule is C=CCN(c1cccc(C(=O)OC)c1)S(=O)(=O)c1ccc(C)cc1. The highest BCUT2D eigenvalue weighted by atomic mass is 32.2. The van der Waals surface area contributed by atoms with E-state index in [1.807, 2.05) is 6.92 Å². The van der Waals surface area contributed by atoms with Crippen LogP contribution in [0.3, 0.4) is 0 Å². The van der Waals surface area contributed by atoms with Crippen molar-refractivity contribution in [1.29, 1.82) is 0 Å². The smallest absolute Gasteiger partial charge is 0.337 e. The van der Waals surface area contributed by atoms with Crippen LogP contribution in [0.25, 0.3) is 0 Å². The first kappa shape index (κ1) is 17.7. The molecule has 2 aromatic rings. The molecule has 0 unspecified atom stereocenters. The van der Waals surface area contributed by atoms with Crippen molar-refractivity contribution in [3.8, 4) is 0 Å². The van der Waals surface area contributed by atoms with E-state index in [0.717, 1.165) is 5.56 Å². The number of anilines is 1. The van der Waals surface area contributed by atoms with Gasteiger partial charge in [0.25, 0.3) is 10.0 Å². The first-order valence-corrected chi connectivity index (χ1v) is 8.73. The number of carbonyl (C=O) groups excluding carboxylic acids is 1. The van der Waals surface area contributed by atoms with Crippen LogP contribution in [-0.4, -0.2) is 28.0 Å². The van der Waals surface area contributed by atoms with Crippen molar-refractivity contribution in [1.82, 2.24) is 0 Å². The third-order valence-corrected chi connectivity index (χ3v) is 5.27. The number of rotatable bonds is 6. The van der Waals surface area contributed by atoms with Gasteiger partial charge in [0.15, 0.2) is 0 Å². The summed E-state index contributed by atoms with van der Waals surface area (Å²) in [6, 6.07) is 12.9. The van der Waals surface area contributed by atoms with Crippen LogP contribution in [0.1, 0.15) is 15.9 Å². The van der Waals surface area contributed by atoms with Gasteiger partial charge in [0, 0.05) is 0 Å². The molecule has 0 atom stereocenters. The fourth-order valence-electron chi connectivity index (χ4n) is 2.20. The van der Waals surface area contributed by atoms with E-state index in [1.54, 1.807) is 42.5 Å². The fraction of sp³-hybridized carbons (Fsp3) is 0.167. The second-order valence-corrected chi connectivity index (χ2v) is 7.04. The van der Waals surface area contributed by atoms with Crippen LogP contribution in [0.5, 0.6) is 0 Å². The molecule has 0 radical (unpaired) electrons. The third-order valence-electron chi connectivity index (χ3n) is 3.46. The molecule has 6 heteroatoms. The summed E-state index contributed by atoms with van der Waals surface area (Å²) >= 11 is 0. The summed E-state index contributed by atoms with van der Waals surface area (Å²) in [6.45, 7) is 5.59. The van der Waals surface area contributed by atoms with Gasteiger partial charge in [-0.15, -0.1) is 6.58 Å². The summed E-state index contributed by atoms with van der Waals surface area (Å²) in [5, 5.41) is 0. The lowest BCUT2D eigenvalue weighted by atomic mass is 10.2. The van der Waals surface area contributed by atoms with Crippen LogP contribution in [0, 0.1) is 6.92 Å². The van der Waals surface area contributed by atoms with E-state index in [2.05, 4.69) is 11.3 Å². The Labute approximate surface area is 142 Å². The summed E-state index contributed by atoms with van der Waals surface area (Å²) in [5.41, 5.74) is 1.62. The Balaban J connectivity index is 2.51. The first-order valence-electron chi connectivity index (χ1n) is 7.29. The number of sulfonamides is 1. The van der Waals surface area contributed by atoms with E-state index >= 15 is 0 Å². The molecule has 2 aromatic carbocycles. The van der Waals surface area contributed by atoms with Gasteiger partial charge in [-0.2, -0.15) is 0 Å². The summed E-state index contributed by atoms with van der Waals surface area (Å²) in [5.74, 6) is -0.525. The van der Waals surface area contributed by atoms with Crippen molar-refractivity contribution in [3.05, 3.63) is 72.3 Å². The van der Waals surface area contributed by atoms with Crippen LogP contribution in [0.4, 0.5) is 5.69 Å². The van der Waals surface area contributed by atoms with Gasteiger partial charge in [-0.05, 0) is 37.3 Å². The average Bonchev–Trinajstić information content (AvgIpc) is 2.59. The Kier molecular flexibility index (Phi) is 5.41. The molecule has 0 saturated heterocycles. The predicted octanol–water partition coefficient (Wildman–Crippen LogP) is 3.16. The highest BCUT2D eigenvalue weighted by molar-refractivity contribution is 7.92. The molecule has 2 rings (SSSR count). The number of methoxy groups -OCH3 is 1. The molecule has 0 aliphatic rings. The van der Waals surface area contributed by atoms with Crippen LogP contribution < -0.4 is 4.31 Å². The second-order valence-electron chi connectivity index (χ2n) is 5.18. The molecule has 5 nitrogen and oxygen atoms in total. The number of ether oxygens (including phenoxy) is 1. The molecule has 0 aliphatic heterocycles. The minimum Gasteiger partial charge on any atom is -0.465 e. The summed E-state index contributed by atoms with van der Waals surface area (Å²) in [7, 11) is -2.49. The Morgan fingerprint density at radius 1 is 1.21 bits per heavy atom. The lowest BCUT2D eigenvalue weighted by Gasteiger charge is -2.23. The number of hydrogen-bond acceptors (Lipinski definition) is 4. The summed E-state index contributed by atoms with van der Waals surface area (Å²) in [6.07, 6.45) is 1.50. The maximum atomic E-state index is 12.9. The minimum atomic E-state index is -3.77. The molecule has 0 heterocycles. The Morgan fingerprint density at radius 2 is 1.88 bits per heavy atom. The maximum absolute atomic E-state index is 12.9. The zero-order valence-corrected chi connectivity index (χ0v) is 14.4. The van der Waals surface area contributed by atoms with Crippen LogP contribution >= 0.6 is 0 Å². The molecular weight excluding hydrogens is 326 g/mol. The van der Waals surface area contributed by atoms with Crippen molar-refractivity contribution in [2.75, 3.05) is 18.0 Å². The van der Waals surface area contributed by atoms with Crippen molar-refractivity contribution in [2.45, 2.75) is 11.8 Å². The number of nitrogens with zero attached hydrogens (tertiary/aromatic N) is 1. The van der Waals surface area contributed by atoms with Crippen molar-refractivity contribution < 1.29 is 17.9 Å². The topological polar surface area (TPSA) is 63.7 Å². The average molecular weight is 345 g/mol. The molecule has 0 N–H and O–H groups in total. The largest absolute Gasteiger partial charge is 0.465 e. The molecule has 0 aromatic heterocycles. The van der Waals surface area contributed by atoms with Gasteiger partial charge in [0.05, 0.1) is 29.8 Å². The van der Waals surface area contributed by atoms with Crippen molar-refractivity contribution in [2.24, 2.45) is 0 Å². The van der Waals surface area contributed by atoms with Crippen LogP contribution in [0.2, 0.25) is 0 Å². The van der Waals surface area contributed by atoms with E-state index < -0.39 is 16.0 Å². The molecular formula is C18H19NO4S. The Hall–Kier alpha value is -2.60. The highest BCUT2D eigenvalue weighted by Gasteiger charge is 2.24. The number of benzene rings is 2. The van der Waals surface area contributed by atoms with E-state index in [-0.39, 0.29) is 17.0 Å². The minimum absolute atomic E-state index is 0.0842. The molecule has 126 valence electrons. The molecule has 0 fully saturated rings. The number of hydrogen-bond donors (Lipinski definition) is 0. The van der Waals surface area contributed by atoms with Crippen LogP contribution in [-0.2, 0) is 14.8 Å². The molecule has 0 saturated carbocycles. The van der Waals surface area contributed by atoms with Gasteiger partial charge in [0.2, 0.25) is 0 Å². The second kappa shape index (κ2) is 7.31. The van der Waals surface area contributed by atoms with Crippen molar-refractivity contribution in [3.63, 3.8) is 0 Å². The van der Waals surface area contributed by atoms with Gasteiger partial charge >= 0.3 is 5.97 Å². The lowest BCUT2D eigenvalue weighted by Crippen LogP contribution is -2.31. The van der Waals surface area contributed by atoms with Gasteiger partial charge < -0.3 is 4.74 Å². The molecule has 0 spiro atoms. The zero-order valence-electron chi connectivity index (χ0n) is 13.6. The summed E-state index contributed by atoms with van der Waals surface area (Å²) < 4.78 is 31.8. The van der Waals surface area contributed by atoms with E-state index in [4.69, 9.17) is 0 Å². The number of aryl methyl sites for hydroxylation is 1. The predicted molar refractivity (Wildman–Crippen MR) is 93.7 cm³/mol. The monoisotopic (exact) mass is 345 g/mol. The van der Waals surface area contributed by atoms with Crippen molar-refractivity contribution >= 4 is 21.7 Å². The quantitative estimate of drug-likeness (QED) is 0.596. The van der Waals surface area contributed by atoms with Gasteiger partial charge in [-0.1, -0.05) is 29.8 Å². The van der Waals surface area contributed by atoms with Crippen LogP contribution in [0.15, 0.2) is 66.1 Å². The highest BCUT2D eigenvalue weighted by Crippen LogP contribution is 2.25. The molecule has 24 heavy (non-hydrogen) atoms. The fourth-order valence-corrected chi connectivity index (χ4v) is 3.63. The van der Waals surface area contributed by atoms with Gasteiger partial charge in [0.1, 0.15) is 0 Å². The Bertz CT molecular complexity index is 842. The molecule has 0 aliphatic carbocycles. The van der Waals surface area contributed by atoms with Gasteiger partial charge in [-0.3, -0.25) is 4.31 Å². The van der Waals surface area contributed by atoms with E-state index in [9.17, 15) is 13.2 Å². The standard InChI is InChI=1S/C18H19NO4S/c1-4-12-19(16-7-5-6-15(13-16)18(20)23-3)24(21,22)17-10-8-14(2)9-11-17/h4-11,13H,1,12H2,2-3H3. The van der Waals surface area contributed by atoms with E-state index in [1.165, 1.54) is 23.6 Å². The number of esters is 1.